The number of nitrogen functional groups attached to an aromatic ring is 1. The fourth-order valence-corrected chi connectivity index (χ4v) is 1.83. The van der Waals surface area contributed by atoms with Gasteiger partial charge in [0.25, 0.3) is 0 Å². The quantitative estimate of drug-likeness (QED) is 0.680. The van der Waals surface area contributed by atoms with Crippen LogP contribution in [0.3, 0.4) is 0 Å². The van der Waals surface area contributed by atoms with Crippen LogP contribution in [0.5, 0.6) is 0 Å². The van der Waals surface area contributed by atoms with Crippen LogP contribution in [0.15, 0.2) is 36.4 Å². The summed E-state index contributed by atoms with van der Waals surface area (Å²) in [6, 6.07) is 8.21. The Hall–Kier alpha value is -2.23. The molecule has 0 unspecified atom stereocenters. The van der Waals surface area contributed by atoms with Crippen molar-refractivity contribution >= 4 is 11.5 Å². The van der Waals surface area contributed by atoms with Gasteiger partial charge < -0.3 is 5.73 Å². The monoisotopic (exact) mass is 261 g/mol. The molecule has 0 aliphatic carbocycles. The Morgan fingerprint density at radius 1 is 1.16 bits per heavy atom. The van der Waals surface area contributed by atoms with E-state index in [9.17, 15) is 13.6 Å². The molecule has 0 radical (unpaired) electrons. The minimum absolute atomic E-state index is 0.00881. The van der Waals surface area contributed by atoms with Gasteiger partial charge in [-0.2, -0.15) is 0 Å². The molecular weight excluding hydrogens is 248 g/mol. The van der Waals surface area contributed by atoms with Crippen molar-refractivity contribution in [1.29, 1.82) is 0 Å². The van der Waals surface area contributed by atoms with Gasteiger partial charge >= 0.3 is 0 Å². The van der Waals surface area contributed by atoms with Crippen LogP contribution >= 0.6 is 0 Å². The molecule has 0 saturated carbocycles. The van der Waals surface area contributed by atoms with E-state index < -0.39 is 5.82 Å². The summed E-state index contributed by atoms with van der Waals surface area (Å²) in [7, 11) is 0. The van der Waals surface area contributed by atoms with E-state index in [1.165, 1.54) is 24.3 Å². The summed E-state index contributed by atoms with van der Waals surface area (Å²) in [5.41, 5.74) is 7.05. The van der Waals surface area contributed by atoms with Crippen LogP contribution < -0.4 is 5.73 Å². The summed E-state index contributed by atoms with van der Waals surface area (Å²) in [6.07, 6.45) is 0.107. The van der Waals surface area contributed by atoms with Gasteiger partial charge in [-0.1, -0.05) is 6.07 Å². The SMILES string of the molecule is Cc1cc(F)ccc1CC(=O)c1ccc(N)c(F)c1. The van der Waals surface area contributed by atoms with Crippen molar-refractivity contribution in [3.05, 3.63) is 64.7 Å². The predicted octanol–water partition coefficient (Wildman–Crippen LogP) is 3.28. The van der Waals surface area contributed by atoms with Crippen LogP contribution in [-0.2, 0) is 6.42 Å². The van der Waals surface area contributed by atoms with Crippen molar-refractivity contribution in [2.45, 2.75) is 13.3 Å². The summed E-state index contributed by atoms with van der Waals surface area (Å²) in [5.74, 6) is -1.18. The zero-order valence-electron chi connectivity index (χ0n) is 10.4. The highest BCUT2D eigenvalue weighted by atomic mass is 19.1. The summed E-state index contributed by atoms with van der Waals surface area (Å²) in [6.45, 7) is 1.73. The molecule has 0 aromatic heterocycles. The number of Topliss-reactive ketones (excluding diaryl/α,β-unsaturated/α-hetero) is 1. The van der Waals surface area contributed by atoms with Crippen molar-refractivity contribution in [3.63, 3.8) is 0 Å². The van der Waals surface area contributed by atoms with Crippen molar-refractivity contribution in [2.24, 2.45) is 0 Å². The molecule has 98 valence electrons. The van der Waals surface area contributed by atoms with Gasteiger partial charge in [0.1, 0.15) is 11.6 Å². The maximum absolute atomic E-state index is 13.3. The molecule has 4 heteroatoms. The Balaban J connectivity index is 2.23. The topological polar surface area (TPSA) is 43.1 Å². The fourth-order valence-electron chi connectivity index (χ4n) is 1.83. The Morgan fingerprint density at radius 2 is 1.89 bits per heavy atom. The number of aryl methyl sites for hydroxylation is 1. The minimum Gasteiger partial charge on any atom is -0.396 e. The lowest BCUT2D eigenvalue weighted by atomic mass is 9.99. The van der Waals surface area contributed by atoms with E-state index in [1.54, 1.807) is 13.0 Å². The van der Waals surface area contributed by atoms with Gasteiger partial charge in [0.15, 0.2) is 5.78 Å². The van der Waals surface area contributed by atoms with Gasteiger partial charge in [-0.3, -0.25) is 4.79 Å². The number of carbonyl (C=O) groups is 1. The molecule has 0 heterocycles. The van der Waals surface area contributed by atoms with Gasteiger partial charge in [-0.25, -0.2) is 8.78 Å². The Bertz CT molecular complexity index is 638. The zero-order valence-corrected chi connectivity index (χ0v) is 10.4. The molecule has 2 rings (SSSR count). The van der Waals surface area contributed by atoms with Crippen molar-refractivity contribution in [1.82, 2.24) is 0 Å². The highest BCUT2D eigenvalue weighted by Gasteiger charge is 2.11. The number of nitrogens with two attached hydrogens (primary N) is 1. The van der Waals surface area contributed by atoms with E-state index in [1.807, 2.05) is 0 Å². The summed E-state index contributed by atoms with van der Waals surface area (Å²) in [5, 5.41) is 0. The van der Waals surface area contributed by atoms with Crippen LogP contribution in [0.4, 0.5) is 14.5 Å². The molecule has 0 amide bonds. The lowest BCUT2D eigenvalue weighted by molar-refractivity contribution is 0.0992. The molecule has 2 N–H and O–H groups in total. The number of hydrogen-bond donors (Lipinski definition) is 1. The molecule has 0 bridgehead atoms. The predicted molar refractivity (Wildman–Crippen MR) is 70.0 cm³/mol. The molecule has 0 aliphatic rings. The van der Waals surface area contributed by atoms with Gasteiger partial charge in [-0.15, -0.1) is 0 Å². The molecule has 19 heavy (non-hydrogen) atoms. The zero-order chi connectivity index (χ0) is 14.0. The van der Waals surface area contributed by atoms with E-state index in [0.717, 1.165) is 11.6 Å². The van der Waals surface area contributed by atoms with Crippen LogP contribution in [0, 0.1) is 18.6 Å². The third-order valence-corrected chi connectivity index (χ3v) is 2.98. The molecule has 2 nitrogen and oxygen atoms in total. The Labute approximate surface area is 109 Å². The number of carbonyl (C=O) groups excluding carboxylic acids is 1. The third kappa shape index (κ3) is 2.96. The van der Waals surface area contributed by atoms with Crippen LogP contribution in [-0.4, -0.2) is 5.78 Å². The number of benzene rings is 2. The first-order valence-electron chi connectivity index (χ1n) is 5.80. The van der Waals surface area contributed by atoms with Gasteiger partial charge in [0.05, 0.1) is 5.69 Å². The highest BCUT2D eigenvalue weighted by molar-refractivity contribution is 5.97. The smallest absolute Gasteiger partial charge is 0.167 e. The van der Waals surface area contributed by atoms with E-state index in [4.69, 9.17) is 5.73 Å². The van der Waals surface area contributed by atoms with E-state index in [0.29, 0.717) is 5.56 Å². The van der Waals surface area contributed by atoms with Crippen molar-refractivity contribution in [2.75, 3.05) is 5.73 Å². The first-order valence-corrected chi connectivity index (χ1v) is 5.80. The summed E-state index contributed by atoms with van der Waals surface area (Å²) in [4.78, 5) is 12.0. The number of hydrogen-bond acceptors (Lipinski definition) is 2. The number of halogens is 2. The highest BCUT2D eigenvalue weighted by Crippen LogP contribution is 2.16. The number of ketones is 1. The lowest BCUT2D eigenvalue weighted by Crippen LogP contribution is -2.06. The molecular formula is C15H13F2NO. The number of rotatable bonds is 3. The average Bonchev–Trinajstić information content (AvgIpc) is 2.36. The maximum atomic E-state index is 13.3. The standard InChI is InChI=1S/C15H13F2NO/c1-9-6-12(16)4-2-10(9)8-15(19)11-3-5-14(18)13(17)7-11/h2-7H,8,18H2,1H3. The van der Waals surface area contributed by atoms with Crippen molar-refractivity contribution in [3.8, 4) is 0 Å². The summed E-state index contributed by atoms with van der Waals surface area (Å²) >= 11 is 0. The normalized spacial score (nSPS) is 10.5. The molecule has 0 atom stereocenters. The van der Waals surface area contributed by atoms with Gasteiger partial charge in [-0.05, 0) is 48.4 Å². The van der Waals surface area contributed by atoms with Crippen LogP contribution in [0.25, 0.3) is 0 Å². The molecule has 0 saturated heterocycles. The van der Waals surface area contributed by atoms with Gasteiger partial charge in [0.2, 0.25) is 0 Å². The second-order valence-electron chi connectivity index (χ2n) is 4.41. The van der Waals surface area contributed by atoms with Crippen molar-refractivity contribution < 1.29 is 13.6 Å². The lowest BCUT2D eigenvalue weighted by Gasteiger charge is -2.06. The minimum atomic E-state index is -0.610. The molecule has 2 aromatic carbocycles. The molecule has 2 aromatic rings. The van der Waals surface area contributed by atoms with Crippen LogP contribution in [0.1, 0.15) is 21.5 Å². The number of anilines is 1. The largest absolute Gasteiger partial charge is 0.396 e. The Kier molecular flexibility index (Phi) is 3.60. The van der Waals surface area contributed by atoms with E-state index in [-0.39, 0.29) is 29.3 Å². The fraction of sp³-hybridized carbons (Fsp3) is 0.133. The average molecular weight is 261 g/mol. The molecule has 0 aliphatic heterocycles. The maximum Gasteiger partial charge on any atom is 0.167 e. The summed E-state index contributed by atoms with van der Waals surface area (Å²) < 4.78 is 26.2. The van der Waals surface area contributed by atoms with Gasteiger partial charge in [0, 0.05) is 12.0 Å². The first-order chi connectivity index (χ1) is 8.97. The van der Waals surface area contributed by atoms with E-state index >= 15 is 0 Å². The molecule has 0 fully saturated rings. The van der Waals surface area contributed by atoms with E-state index in [2.05, 4.69) is 0 Å². The third-order valence-electron chi connectivity index (χ3n) is 2.98. The first kappa shape index (κ1) is 13.2. The van der Waals surface area contributed by atoms with Crippen LogP contribution in [0.2, 0.25) is 0 Å². The molecule has 0 spiro atoms. The second-order valence-corrected chi connectivity index (χ2v) is 4.41. The Morgan fingerprint density at radius 3 is 2.53 bits per heavy atom. The second kappa shape index (κ2) is 5.18.